The molecule has 0 aliphatic carbocycles. The van der Waals surface area contributed by atoms with Crippen LogP contribution in [0.4, 0.5) is 0 Å². The van der Waals surface area contributed by atoms with Gasteiger partial charge in [0.15, 0.2) is 0 Å². The smallest absolute Gasteiger partial charge is 0.262 e. The summed E-state index contributed by atoms with van der Waals surface area (Å²) in [5.41, 5.74) is 0.394. The minimum absolute atomic E-state index is 0.197. The summed E-state index contributed by atoms with van der Waals surface area (Å²) in [7, 11) is 0. The van der Waals surface area contributed by atoms with Crippen LogP contribution in [0.1, 0.15) is 41.0 Å². The van der Waals surface area contributed by atoms with Gasteiger partial charge >= 0.3 is 0 Å². The number of imide groups is 1. The number of amides is 3. The van der Waals surface area contributed by atoms with E-state index in [1.807, 2.05) is 0 Å². The van der Waals surface area contributed by atoms with Gasteiger partial charge in [0, 0.05) is 13.1 Å². The van der Waals surface area contributed by atoms with Crippen LogP contribution >= 0.6 is 23.2 Å². The van der Waals surface area contributed by atoms with E-state index < -0.39 is 11.8 Å². The molecule has 0 N–H and O–H groups in total. The second-order valence-electron chi connectivity index (χ2n) is 6.75. The van der Waals surface area contributed by atoms with E-state index in [0.717, 1.165) is 11.3 Å². The summed E-state index contributed by atoms with van der Waals surface area (Å²) in [6.45, 7) is 5.26. The highest BCUT2D eigenvalue weighted by Gasteiger charge is 2.38. The molecule has 0 spiro atoms. The lowest BCUT2D eigenvalue weighted by molar-refractivity contribution is -0.134. The number of carbonyl (C=O) groups is 3. The van der Waals surface area contributed by atoms with Crippen molar-refractivity contribution in [1.82, 2.24) is 9.80 Å². The molecule has 7 heteroatoms. The SMILES string of the molecule is C[C@@H]1C[C@@H](C)CN(C(=O)CN2C(=O)c3cc(Cl)c(Cl)cc3C2=O)C1. The lowest BCUT2D eigenvalue weighted by Crippen LogP contribution is -2.48. The number of nitrogens with zero attached hydrogens (tertiary/aromatic N) is 2. The maximum Gasteiger partial charge on any atom is 0.262 e. The fourth-order valence-corrected chi connectivity index (χ4v) is 3.86. The van der Waals surface area contributed by atoms with Gasteiger partial charge in [0.1, 0.15) is 6.54 Å². The number of hydrogen-bond acceptors (Lipinski definition) is 3. The molecule has 0 unspecified atom stereocenters. The van der Waals surface area contributed by atoms with Crippen LogP contribution in [0, 0.1) is 11.8 Å². The average molecular weight is 369 g/mol. The van der Waals surface area contributed by atoms with Gasteiger partial charge in [0.2, 0.25) is 5.91 Å². The Morgan fingerprint density at radius 3 is 1.96 bits per heavy atom. The van der Waals surface area contributed by atoms with Gasteiger partial charge in [-0.2, -0.15) is 0 Å². The third-order valence-corrected chi connectivity index (χ3v) is 5.25. The van der Waals surface area contributed by atoms with Crippen LogP contribution in [-0.4, -0.2) is 47.2 Å². The molecule has 2 heterocycles. The van der Waals surface area contributed by atoms with E-state index in [0.29, 0.717) is 24.9 Å². The molecule has 2 aliphatic heterocycles. The largest absolute Gasteiger partial charge is 0.341 e. The third kappa shape index (κ3) is 3.03. The van der Waals surface area contributed by atoms with Crippen LogP contribution in [0.3, 0.4) is 0 Å². The molecule has 3 rings (SSSR count). The highest BCUT2D eigenvalue weighted by molar-refractivity contribution is 6.43. The second kappa shape index (κ2) is 6.37. The van der Waals surface area contributed by atoms with Crippen LogP contribution in [0.2, 0.25) is 10.0 Å². The van der Waals surface area contributed by atoms with E-state index in [1.54, 1.807) is 4.90 Å². The molecule has 24 heavy (non-hydrogen) atoms. The molecule has 0 bridgehead atoms. The van der Waals surface area contributed by atoms with Crippen molar-refractivity contribution in [2.45, 2.75) is 20.3 Å². The number of benzene rings is 1. The molecule has 128 valence electrons. The molecule has 2 aliphatic rings. The van der Waals surface area contributed by atoms with Gasteiger partial charge in [0.05, 0.1) is 21.2 Å². The van der Waals surface area contributed by atoms with Gasteiger partial charge in [-0.1, -0.05) is 37.0 Å². The highest BCUT2D eigenvalue weighted by atomic mass is 35.5. The predicted molar refractivity (Wildman–Crippen MR) is 91.4 cm³/mol. The number of hydrogen-bond donors (Lipinski definition) is 0. The van der Waals surface area contributed by atoms with Crippen molar-refractivity contribution in [3.05, 3.63) is 33.3 Å². The Morgan fingerprint density at radius 2 is 1.50 bits per heavy atom. The van der Waals surface area contributed by atoms with Crippen LogP contribution in [0.5, 0.6) is 0 Å². The lowest BCUT2D eigenvalue weighted by atomic mass is 9.92. The van der Waals surface area contributed by atoms with E-state index in [-0.39, 0.29) is 33.6 Å². The van der Waals surface area contributed by atoms with Crippen molar-refractivity contribution in [2.75, 3.05) is 19.6 Å². The molecule has 1 fully saturated rings. The molecule has 0 saturated carbocycles. The Kier molecular flexibility index (Phi) is 4.58. The Hall–Kier alpha value is -1.59. The third-order valence-electron chi connectivity index (χ3n) is 4.53. The van der Waals surface area contributed by atoms with Crippen LogP contribution in [0.15, 0.2) is 12.1 Å². The monoisotopic (exact) mass is 368 g/mol. The van der Waals surface area contributed by atoms with Gasteiger partial charge < -0.3 is 4.90 Å². The number of fused-ring (bicyclic) bond motifs is 1. The predicted octanol–water partition coefficient (Wildman–Crippen LogP) is 3.09. The molecule has 1 aromatic rings. The molecule has 1 aromatic carbocycles. The van der Waals surface area contributed by atoms with E-state index in [1.165, 1.54) is 12.1 Å². The van der Waals surface area contributed by atoms with E-state index >= 15 is 0 Å². The van der Waals surface area contributed by atoms with E-state index in [2.05, 4.69) is 13.8 Å². The standard InChI is InChI=1S/C17H18Cl2N2O3/c1-9-3-10(2)7-20(6-9)15(22)8-21-16(23)11-4-13(18)14(19)5-12(11)17(21)24/h4-5,9-10H,3,6-8H2,1-2H3/t9-,10-/m1/s1. The van der Waals surface area contributed by atoms with Gasteiger partial charge in [0.25, 0.3) is 11.8 Å². The second-order valence-corrected chi connectivity index (χ2v) is 7.57. The van der Waals surface area contributed by atoms with Gasteiger partial charge in [-0.3, -0.25) is 19.3 Å². The highest BCUT2D eigenvalue weighted by Crippen LogP contribution is 2.31. The van der Waals surface area contributed by atoms with Crippen molar-refractivity contribution >= 4 is 40.9 Å². The normalized spacial score (nSPS) is 23.7. The van der Waals surface area contributed by atoms with Crippen molar-refractivity contribution in [3.63, 3.8) is 0 Å². The number of carbonyl (C=O) groups excluding carboxylic acids is 3. The molecule has 5 nitrogen and oxygen atoms in total. The first-order valence-electron chi connectivity index (χ1n) is 7.91. The van der Waals surface area contributed by atoms with Gasteiger partial charge in [-0.25, -0.2) is 0 Å². The quantitative estimate of drug-likeness (QED) is 0.753. The summed E-state index contributed by atoms with van der Waals surface area (Å²) >= 11 is 11.8. The Morgan fingerprint density at radius 1 is 1.04 bits per heavy atom. The zero-order valence-electron chi connectivity index (χ0n) is 13.5. The van der Waals surface area contributed by atoms with Crippen molar-refractivity contribution in [2.24, 2.45) is 11.8 Å². The first kappa shape index (κ1) is 17.2. The Balaban J connectivity index is 1.78. The van der Waals surface area contributed by atoms with Crippen LogP contribution in [-0.2, 0) is 4.79 Å². The molecular formula is C17H18Cl2N2O3. The van der Waals surface area contributed by atoms with Crippen molar-refractivity contribution < 1.29 is 14.4 Å². The lowest BCUT2D eigenvalue weighted by Gasteiger charge is -2.35. The summed E-state index contributed by atoms with van der Waals surface area (Å²) < 4.78 is 0. The summed E-state index contributed by atoms with van der Waals surface area (Å²) in [6.07, 6.45) is 1.08. The maximum absolute atomic E-state index is 12.5. The van der Waals surface area contributed by atoms with Crippen LogP contribution < -0.4 is 0 Å². The van der Waals surface area contributed by atoms with Crippen LogP contribution in [0.25, 0.3) is 0 Å². The molecule has 1 saturated heterocycles. The fraction of sp³-hybridized carbons (Fsp3) is 0.471. The van der Waals surface area contributed by atoms with E-state index in [4.69, 9.17) is 23.2 Å². The maximum atomic E-state index is 12.5. The Bertz CT molecular complexity index is 684. The summed E-state index contributed by atoms with van der Waals surface area (Å²) in [5.74, 6) is -0.380. The number of rotatable bonds is 2. The Labute approximate surface area is 150 Å². The molecule has 0 aromatic heterocycles. The average Bonchev–Trinajstić information content (AvgIpc) is 2.72. The van der Waals surface area contributed by atoms with Gasteiger partial charge in [-0.15, -0.1) is 0 Å². The summed E-state index contributed by atoms with van der Waals surface area (Å²) in [6, 6.07) is 2.77. The first-order valence-corrected chi connectivity index (χ1v) is 8.66. The zero-order chi connectivity index (χ0) is 17.6. The van der Waals surface area contributed by atoms with Crippen molar-refractivity contribution in [3.8, 4) is 0 Å². The number of piperidine rings is 1. The first-order chi connectivity index (χ1) is 11.3. The van der Waals surface area contributed by atoms with Crippen molar-refractivity contribution in [1.29, 1.82) is 0 Å². The van der Waals surface area contributed by atoms with Gasteiger partial charge in [-0.05, 0) is 30.4 Å². The number of likely N-dealkylation sites (tertiary alicyclic amines) is 1. The van der Waals surface area contributed by atoms with E-state index in [9.17, 15) is 14.4 Å². The topological polar surface area (TPSA) is 57.7 Å². The number of halogens is 2. The zero-order valence-corrected chi connectivity index (χ0v) is 15.0. The minimum Gasteiger partial charge on any atom is -0.341 e. The molecule has 0 radical (unpaired) electrons. The molecular weight excluding hydrogens is 351 g/mol. The molecule has 3 amide bonds. The summed E-state index contributed by atoms with van der Waals surface area (Å²) in [4.78, 5) is 40.2. The molecule has 2 atom stereocenters. The minimum atomic E-state index is -0.500. The fourth-order valence-electron chi connectivity index (χ4n) is 3.53. The summed E-state index contributed by atoms with van der Waals surface area (Å²) in [5, 5.41) is 0.423.